The molecule has 368 valence electrons. The fourth-order valence-electron chi connectivity index (χ4n) is 9.20. The SMILES string of the molecule is C=CC=N/C(=C/c1c(CC(C)(C)COC=O)c2cc(-c3cc(O)cc(CC(NC(=O)C(C(C)C)N(C)C(=O)N4CCCN(C(=O)C=C)CC4)C(=O)N4CCCCN4)c3)ccc2n1CC)C(C)OC. The third-order valence-electron chi connectivity index (χ3n) is 12.7. The van der Waals surface area contributed by atoms with Gasteiger partial charge in [0.2, 0.25) is 11.8 Å². The summed E-state index contributed by atoms with van der Waals surface area (Å²) in [5, 5.41) is 16.9. The molecule has 3 heterocycles. The van der Waals surface area contributed by atoms with E-state index in [0.29, 0.717) is 82.0 Å². The Bertz CT molecular complexity index is 2360. The first-order chi connectivity index (χ1) is 32.5. The first kappa shape index (κ1) is 52.7. The van der Waals surface area contributed by atoms with Crippen LogP contribution in [-0.2, 0) is 48.0 Å². The number of urea groups is 1. The Balaban J connectivity index is 1.53. The predicted octanol–water partition coefficient (Wildman–Crippen LogP) is 6.36. The molecule has 0 radical (unpaired) electrons. The van der Waals surface area contributed by atoms with Crippen LogP contribution in [0.5, 0.6) is 5.75 Å². The van der Waals surface area contributed by atoms with Gasteiger partial charge >= 0.3 is 6.03 Å². The highest BCUT2D eigenvalue weighted by Crippen LogP contribution is 2.37. The van der Waals surface area contributed by atoms with Crippen LogP contribution in [0.25, 0.3) is 28.1 Å². The van der Waals surface area contributed by atoms with Gasteiger partial charge in [-0.05, 0) is 104 Å². The number of aromatic hydroxyl groups is 1. The van der Waals surface area contributed by atoms with Crippen molar-refractivity contribution in [1.29, 1.82) is 0 Å². The average molecular weight is 937 g/mol. The van der Waals surface area contributed by atoms with Crippen LogP contribution in [0.4, 0.5) is 4.79 Å². The number of allylic oxidation sites excluding steroid dienone is 1. The fraction of sp³-hybridized carbons (Fsp3) is 0.500. The number of hydrogen-bond acceptors (Lipinski definition) is 10. The first-order valence-electron chi connectivity index (χ1n) is 23.7. The van der Waals surface area contributed by atoms with Gasteiger partial charge in [-0.1, -0.05) is 59.1 Å². The topological polar surface area (TPSA) is 178 Å². The number of fused-ring (bicyclic) bond motifs is 1. The number of amides is 5. The number of aryl methyl sites for hydroxylation is 1. The van der Waals surface area contributed by atoms with Crippen molar-refractivity contribution in [1.82, 2.24) is 35.0 Å². The van der Waals surface area contributed by atoms with E-state index < -0.39 is 23.4 Å². The number of phenols is 1. The number of hydrogen-bond donors (Lipinski definition) is 3. The minimum Gasteiger partial charge on any atom is -0.508 e. The van der Waals surface area contributed by atoms with Gasteiger partial charge in [0.05, 0.1) is 18.4 Å². The molecular formula is C52H72N8O8. The molecule has 1 aromatic heterocycles. The molecule has 0 spiro atoms. The molecule has 2 aliphatic heterocycles. The molecule has 3 N–H and O–H groups in total. The van der Waals surface area contributed by atoms with Crippen LogP contribution < -0.4 is 10.7 Å². The first-order valence-corrected chi connectivity index (χ1v) is 23.7. The van der Waals surface area contributed by atoms with Crippen molar-refractivity contribution >= 4 is 53.4 Å². The maximum atomic E-state index is 14.5. The summed E-state index contributed by atoms with van der Waals surface area (Å²) in [7, 11) is 3.23. The minimum absolute atomic E-state index is 0.0113. The van der Waals surface area contributed by atoms with E-state index in [2.05, 4.69) is 52.5 Å². The lowest BCUT2D eigenvalue weighted by Gasteiger charge is -2.36. The summed E-state index contributed by atoms with van der Waals surface area (Å²) in [5.74, 6) is -1.32. The second-order valence-electron chi connectivity index (χ2n) is 18.8. The Morgan fingerprint density at radius 1 is 0.985 bits per heavy atom. The average Bonchev–Trinajstić information content (AvgIpc) is 3.42. The highest BCUT2D eigenvalue weighted by Gasteiger charge is 2.37. The van der Waals surface area contributed by atoms with Crippen molar-refractivity contribution in [3.8, 4) is 16.9 Å². The summed E-state index contributed by atoms with van der Waals surface area (Å²) < 4.78 is 13.2. The van der Waals surface area contributed by atoms with Gasteiger partial charge in [-0.3, -0.25) is 29.2 Å². The quantitative estimate of drug-likeness (QED) is 0.0661. The Hall–Kier alpha value is -6.26. The van der Waals surface area contributed by atoms with E-state index in [0.717, 1.165) is 40.6 Å². The zero-order chi connectivity index (χ0) is 49.7. The molecule has 0 bridgehead atoms. The number of carbonyl (C=O) groups is 5. The number of hydrazine groups is 1. The number of carbonyl (C=O) groups excluding carboxylic acids is 5. The number of aliphatic imine (C=N–C) groups is 1. The summed E-state index contributed by atoms with van der Waals surface area (Å²) in [6.45, 7) is 23.2. The van der Waals surface area contributed by atoms with Gasteiger partial charge in [0.25, 0.3) is 12.4 Å². The number of nitrogens with one attached hydrogen (secondary N) is 2. The maximum absolute atomic E-state index is 14.5. The van der Waals surface area contributed by atoms with Crippen molar-refractivity contribution in [2.45, 2.75) is 98.4 Å². The molecule has 3 atom stereocenters. The van der Waals surface area contributed by atoms with Gasteiger partial charge in [-0.2, -0.15) is 0 Å². The smallest absolute Gasteiger partial charge is 0.320 e. The summed E-state index contributed by atoms with van der Waals surface area (Å²) in [4.78, 5) is 75.9. The van der Waals surface area contributed by atoms with Crippen molar-refractivity contribution in [2.24, 2.45) is 16.3 Å². The van der Waals surface area contributed by atoms with Gasteiger partial charge in [0.1, 0.15) is 17.8 Å². The highest BCUT2D eigenvalue weighted by molar-refractivity contribution is 5.94. The molecular weight excluding hydrogens is 865 g/mol. The van der Waals surface area contributed by atoms with Crippen LogP contribution in [0.1, 0.15) is 77.6 Å². The van der Waals surface area contributed by atoms with E-state index in [1.165, 1.54) is 11.0 Å². The summed E-state index contributed by atoms with van der Waals surface area (Å²) in [6.07, 6.45) is 9.11. The molecule has 2 saturated heterocycles. The highest BCUT2D eigenvalue weighted by atomic mass is 16.5. The lowest BCUT2D eigenvalue weighted by Crippen LogP contribution is -2.60. The molecule has 16 heteroatoms. The number of nitrogens with zero attached hydrogens (tertiary/aromatic N) is 6. The standard InChI is InChI=1S/C52H72N8O8/c1-11-19-53-43(36(6)67-10)31-46-42(32-52(7,8)33-68-34-61)41-30-38(17-18-45(41)59(46)13-3)39-26-37(27-40(62)29-39)28-44(50(65)60-23-15-14-20-54-60)55-49(64)48(35(4)5)56(9)51(66)58-22-16-21-57(24-25-58)47(63)12-2/h11-12,17-19,26-27,29-31,34-36,44,48,54,62H,1-2,13-16,20-25,28,32-33H2,3-10H3,(H,55,64)/b43-31+,53-19?. The number of benzene rings is 2. The second kappa shape index (κ2) is 24.2. The van der Waals surface area contributed by atoms with Gasteiger partial charge in [0.15, 0.2) is 0 Å². The van der Waals surface area contributed by atoms with E-state index in [9.17, 15) is 29.1 Å². The number of methoxy groups -OCH3 is 1. The number of rotatable bonds is 20. The minimum atomic E-state index is -1.05. The zero-order valence-electron chi connectivity index (χ0n) is 41.3. The summed E-state index contributed by atoms with van der Waals surface area (Å²) in [6, 6.07) is 9.05. The number of ether oxygens (including phenoxy) is 2. The van der Waals surface area contributed by atoms with E-state index in [1.807, 2.05) is 52.8 Å². The van der Waals surface area contributed by atoms with Gasteiger partial charge in [-0.25, -0.2) is 10.2 Å². The lowest BCUT2D eigenvalue weighted by atomic mass is 9.85. The van der Waals surface area contributed by atoms with Crippen LogP contribution in [-0.4, -0.2) is 144 Å². The Morgan fingerprint density at radius 3 is 2.37 bits per heavy atom. The van der Waals surface area contributed by atoms with Gasteiger partial charge in [0, 0.05) is 94.6 Å². The van der Waals surface area contributed by atoms with Crippen LogP contribution in [0, 0.1) is 11.3 Å². The van der Waals surface area contributed by atoms with Gasteiger partial charge < -0.3 is 39.2 Å². The van der Waals surface area contributed by atoms with E-state index in [-0.39, 0.29) is 48.6 Å². The summed E-state index contributed by atoms with van der Waals surface area (Å²) >= 11 is 0. The molecule has 3 aromatic rings. The Morgan fingerprint density at radius 2 is 1.72 bits per heavy atom. The molecule has 16 nitrogen and oxygen atoms in total. The third kappa shape index (κ3) is 13.0. The van der Waals surface area contributed by atoms with Crippen molar-refractivity contribution in [3.63, 3.8) is 0 Å². The van der Waals surface area contributed by atoms with Crippen molar-refractivity contribution in [3.05, 3.63) is 84.2 Å². The molecule has 5 amide bonds. The molecule has 2 aromatic carbocycles. The van der Waals surface area contributed by atoms with Gasteiger partial charge in [-0.15, -0.1) is 0 Å². The second-order valence-corrected chi connectivity index (χ2v) is 18.8. The normalized spacial score (nSPS) is 16.3. The monoisotopic (exact) mass is 937 g/mol. The number of phenolic OH excluding ortho intramolecular Hbond substituents is 1. The lowest BCUT2D eigenvalue weighted by molar-refractivity contribution is -0.141. The number of likely N-dealkylation sites (N-methyl/N-ethyl adjacent to an activating group) is 1. The van der Waals surface area contributed by atoms with Crippen LogP contribution in [0.2, 0.25) is 0 Å². The van der Waals surface area contributed by atoms with E-state index in [4.69, 9.17) is 9.47 Å². The molecule has 2 fully saturated rings. The molecule has 2 aliphatic rings. The molecule has 3 unspecified atom stereocenters. The van der Waals surface area contributed by atoms with E-state index >= 15 is 0 Å². The van der Waals surface area contributed by atoms with Crippen LogP contribution >= 0.6 is 0 Å². The van der Waals surface area contributed by atoms with E-state index in [1.54, 1.807) is 53.4 Å². The molecule has 0 saturated carbocycles. The number of aromatic nitrogens is 1. The fourth-order valence-corrected chi connectivity index (χ4v) is 9.20. The van der Waals surface area contributed by atoms with Crippen molar-refractivity contribution in [2.75, 3.05) is 60.0 Å². The van der Waals surface area contributed by atoms with Crippen molar-refractivity contribution < 1.29 is 38.6 Å². The summed E-state index contributed by atoms with van der Waals surface area (Å²) in [5.41, 5.74) is 8.50. The zero-order valence-corrected chi connectivity index (χ0v) is 41.3. The predicted molar refractivity (Wildman–Crippen MR) is 267 cm³/mol. The maximum Gasteiger partial charge on any atom is 0.320 e. The third-order valence-corrected chi connectivity index (χ3v) is 12.7. The Kier molecular flexibility index (Phi) is 18.7. The van der Waals surface area contributed by atoms with Crippen LogP contribution in [0.15, 0.2) is 72.4 Å². The molecule has 0 aliphatic carbocycles. The molecule has 5 rings (SSSR count). The largest absolute Gasteiger partial charge is 0.508 e. The molecule has 68 heavy (non-hydrogen) atoms. The Labute approximate surface area is 401 Å². The van der Waals surface area contributed by atoms with Crippen LogP contribution in [0.3, 0.4) is 0 Å².